The molecule has 6 heteroatoms. The van der Waals surface area contributed by atoms with E-state index in [4.69, 9.17) is 16.6 Å². The summed E-state index contributed by atoms with van der Waals surface area (Å²) in [5.41, 5.74) is 0. The molecule has 0 heterocycles. The largest absolute Gasteiger partial charge is 0.569 e. The predicted octanol–water partition coefficient (Wildman–Crippen LogP) is 2.15. The van der Waals surface area contributed by atoms with E-state index in [9.17, 15) is 4.39 Å². The fourth-order valence-electron chi connectivity index (χ4n) is 0.656. The van der Waals surface area contributed by atoms with Crippen LogP contribution in [0.3, 0.4) is 0 Å². The Kier molecular flexibility index (Phi) is 3.37. The lowest BCUT2D eigenvalue weighted by Gasteiger charge is -2.04. The first-order valence-electron chi connectivity index (χ1n) is 2.93. The molecule has 0 unspecified atom stereocenters. The molecule has 0 aliphatic heterocycles. The Labute approximate surface area is 82.7 Å². The van der Waals surface area contributed by atoms with E-state index in [-0.39, 0.29) is 15.2 Å². The standard InChI is InChI=1S/C6H3BBrClFO2/c8-5-3(9)1-2-4(6(5)10)12-7-11/h1-2,11H. The van der Waals surface area contributed by atoms with Crippen molar-refractivity contribution in [3.63, 3.8) is 0 Å². The Morgan fingerprint density at radius 1 is 1.58 bits per heavy atom. The van der Waals surface area contributed by atoms with E-state index >= 15 is 0 Å². The maximum atomic E-state index is 13.1. The Morgan fingerprint density at radius 3 is 2.83 bits per heavy atom. The SMILES string of the molecule is O[B]Oc1ccc(Cl)c(Br)c1F. The summed E-state index contributed by atoms with van der Waals surface area (Å²) in [4.78, 5) is 0. The van der Waals surface area contributed by atoms with Gasteiger partial charge < -0.3 is 9.68 Å². The molecule has 63 valence electrons. The summed E-state index contributed by atoms with van der Waals surface area (Å²) in [7, 11) is 0.402. The van der Waals surface area contributed by atoms with Gasteiger partial charge in [-0.25, -0.2) is 4.39 Å². The summed E-state index contributed by atoms with van der Waals surface area (Å²) in [5, 5.41) is 8.49. The average molecular weight is 252 g/mol. The smallest absolute Gasteiger partial charge is 0.535 e. The fourth-order valence-corrected chi connectivity index (χ4v) is 1.13. The van der Waals surface area contributed by atoms with E-state index < -0.39 is 5.82 Å². The van der Waals surface area contributed by atoms with E-state index in [1.54, 1.807) is 0 Å². The molecule has 0 atom stereocenters. The highest BCUT2D eigenvalue weighted by Gasteiger charge is 2.10. The second-order valence-electron chi connectivity index (χ2n) is 1.90. The third-order valence-electron chi connectivity index (χ3n) is 1.18. The topological polar surface area (TPSA) is 29.5 Å². The van der Waals surface area contributed by atoms with Gasteiger partial charge in [0.2, 0.25) is 0 Å². The minimum absolute atomic E-state index is 0.0891. The van der Waals surface area contributed by atoms with Crippen LogP contribution in [-0.2, 0) is 0 Å². The molecule has 0 saturated heterocycles. The maximum Gasteiger partial charge on any atom is 0.569 e. The molecule has 0 fully saturated rings. The summed E-state index contributed by atoms with van der Waals surface area (Å²) in [6, 6.07) is 2.77. The molecule has 1 rings (SSSR count). The van der Waals surface area contributed by atoms with Crippen molar-refractivity contribution < 1.29 is 14.1 Å². The molecule has 1 radical (unpaired) electrons. The van der Waals surface area contributed by atoms with Crippen LogP contribution in [0.5, 0.6) is 5.75 Å². The van der Waals surface area contributed by atoms with Crippen LogP contribution in [0.2, 0.25) is 5.02 Å². The molecule has 1 aromatic rings. The lowest BCUT2D eigenvalue weighted by atomic mass is 10.3. The zero-order chi connectivity index (χ0) is 9.14. The second kappa shape index (κ2) is 4.12. The Bertz CT molecular complexity index is 297. The molecule has 0 amide bonds. The van der Waals surface area contributed by atoms with Crippen molar-refractivity contribution >= 4 is 35.2 Å². The van der Waals surface area contributed by atoms with Gasteiger partial charge in [-0.3, -0.25) is 0 Å². The summed E-state index contributed by atoms with van der Waals surface area (Å²) < 4.78 is 17.6. The Morgan fingerprint density at radius 2 is 2.25 bits per heavy atom. The molecule has 2 nitrogen and oxygen atoms in total. The molecule has 0 bridgehead atoms. The molecule has 1 N–H and O–H groups in total. The van der Waals surface area contributed by atoms with E-state index in [1.807, 2.05) is 0 Å². The van der Waals surface area contributed by atoms with Gasteiger partial charge in [0.05, 0.1) is 9.50 Å². The monoisotopic (exact) mass is 251 g/mol. The minimum Gasteiger partial charge on any atom is -0.535 e. The maximum absolute atomic E-state index is 13.1. The van der Waals surface area contributed by atoms with Gasteiger partial charge in [-0.2, -0.15) is 0 Å². The van der Waals surface area contributed by atoms with Gasteiger partial charge in [-0.15, -0.1) is 0 Å². The van der Waals surface area contributed by atoms with Crippen molar-refractivity contribution in [1.82, 2.24) is 0 Å². The third kappa shape index (κ3) is 1.91. The molecular formula is C6H3BBrClFO2. The number of rotatable bonds is 2. The summed E-state index contributed by atoms with van der Waals surface area (Å²) in [6.07, 6.45) is 0. The van der Waals surface area contributed by atoms with Gasteiger partial charge in [-0.1, -0.05) is 11.6 Å². The van der Waals surface area contributed by atoms with E-state index in [1.165, 1.54) is 12.1 Å². The van der Waals surface area contributed by atoms with Gasteiger partial charge in [0.25, 0.3) is 0 Å². The first-order chi connectivity index (χ1) is 5.66. The lowest BCUT2D eigenvalue weighted by molar-refractivity contribution is 0.430. The Balaban J connectivity index is 3.08. The summed E-state index contributed by atoms with van der Waals surface area (Å²) in [6.45, 7) is 0. The quantitative estimate of drug-likeness (QED) is 0.645. The first-order valence-corrected chi connectivity index (χ1v) is 4.10. The molecule has 0 saturated carbocycles. The third-order valence-corrected chi connectivity index (χ3v) is 2.50. The normalized spacial score (nSPS) is 9.67. The highest BCUT2D eigenvalue weighted by molar-refractivity contribution is 9.10. The van der Waals surface area contributed by atoms with Crippen molar-refractivity contribution in [2.45, 2.75) is 0 Å². The number of hydrogen-bond donors (Lipinski definition) is 1. The van der Waals surface area contributed by atoms with Crippen molar-refractivity contribution in [3.8, 4) is 5.75 Å². The summed E-state index contributed by atoms with van der Waals surface area (Å²) in [5.74, 6) is -0.735. The van der Waals surface area contributed by atoms with Crippen molar-refractivity contribution in [2.75, 3.05) is 0 Å². The minimum atomic E-state index is -0.646. The molecule has 12 heavy (non-hydrogen) atoms. The Hall–Kier alpha value is -0.255. The highest BCUT2D eigenvalue weighted by atomic mass is 79.9. The highest BCUT2D eigenvalue weighted by Crippen LogP contribution is 2.31. The van der Waals surface area contributed by atoms with Gasteiger partial charge in [-0.05, 0) is 28.1 Å². The number of halogens is 3. The average Bonchev–Trinajstić information content (AvgIpc) is 2.07. The van der Waals surface area contributed by atoms with Crippen molar-refractivity contribution in [2.24, 2.45) is 0 Å². The van der Waals surface area contributed by atoms with E-state index in [2.05, 4.69) is 20.6 Å². The van der Waals surface area contributed by atoms with Crippen LogP contribution in [-0.4, -0.2) is 12.7 Å². The van der Waals surface area contributed by atoms with Crippen molar-refractivity contribution in [1.29, 1.82) is 0 Å². The van der Waals surface area contributed by atoms with Crippen molar-refractivity contribution in [3.05, 3.63) is 27.4 Å². The van der Waals surface area contributed by atoms with Crippen LogP contribution in [0.15, 0.2) is 16.6 Å². The first kappa shape index (κ1) is 9.83. The van der Waals surface area contributed by atoms with Crippen LogP contribution in [0.1, 0.15) is 0 Å². The fraction of sp³-hybridized carbons (Fsp3) is 0. The molecule has 0 aromatic heterocycles. The van der Waals surface area contributed by atoms with E-state index in [0.29, 0.717) is 7.69 Å². The summed E-state index contributed by atoms with van der Waals surface area (Å²) >= 11 is 8.49. The molecule has 0 aliphatic rings. The van der Waals surface area contributed by atoms with Crippen LogP contribution in [0.4, 0.5) is 4.39 Å². The van der Waals surface area contributed by atoms with Gasteiger partial charge in [0.1, 0.15) is 5.75 Å². The zero-order valence-corrected chi connectivity index (χ0v) is 8.06. The van der Waals surface area contributed by atoms with Crippen LogP contribution in [0.25, 0.3) is 0 Å². The zero-order valence-electron chi connectivity index (χ0n) is 5.72. The second-order valence-corrected chi connectivity index (χ2v) is 3.10. The molecular weight excluding hydrogens is 249 g/mol. The van der Waals surface area contributed by atoms with Crippen LogP contribution in [0, 0.1) is 5.82 Å². The van der Waals surface area contributed by atoms with Gasteiger partial charge in [0.15, 0.2) is 5.82 Å². The van der Waals surface area contributed by atoms with Crippen LogP contribution >= 0.6 is 27.5 Å². The number of hydrogen-bond acceptors (Lipinski definition) is 2. The lowest BCUT2D eigenvalue weighted by Crippen LogP contribution is -2.01. The van der Waals surface area contributed by atoms with Crippen LogP contribution < -0.4 is 4.65 Å². The molecule has 1 aromatic carbocycles. The van der Waals surface area contributed by atoms with Gasteiger partial charge >= 0.3 is 7.69 Å². The molecule has 0 spiro atoms. The van der Waals surface area contributed by atoms with Gasteiger partial charge in [0, 0.05) is 0 Å². The molecule has 0 aliphatic carbocycles. The number of benzene rings is 1. The van der Waals surface area contributed by atoms with E-state index in [0.717, 1.165) is 0 Å². The predicted molar refractivity (Wildman–Crippen MR) is 47.7 cm³/mol.